The summed E-state index contributed by atoms with van der Waals surface area (Å²) in [6.45, 7) is 3.53. The van der Waals surface area contributed by atoms with Crippen LogP contribution in [0.15, 0.2) is 94.5 Å². The van der Waals surface area contributed by atoms with Gasteiger partial charge in [0.15, 0.2) is 0 Å². The van der Waals surface area contributed by atoms with Gasteiger partial charge in [-0.05, 0) is 62.4 Å². The zero-order chi connectivity index (χ0) is 23.4. The number of carbonyl (C=O) groups is 3. The number of nitrogens with zero attached hydrogens (tertiary/aromatic N) is 2. The van der Waals surface area contributed by atoms with Crippen LogP contribution in [0.3, 0.4) is 0 Å². The largest absolute Gasteiger partial charge is 0.459 e. The summed E-state index contributed by atoms with van der Waals surface area (Å²) in [6.07, 6.45) is 1.35. The van der Waals surface area contributed by atoms with Crippen LogP contribution in [0.2, 0.25) is 0 Å². The van der Waals surface area contributed by atoms with E-state index in [1.165, 1.54) is 23.9 Å². The molecule has 0 spiro atoms. The van der Waals surface area contributed by atoms with Crippen molar-refractivity contribution in [1.29, 1.82) is 0 Å². The summed E-state index contributed by atoms with van der Waals surface area (Å²) in [4.78, 5) is 45.2. The molecule has 2 amide bonds. The molecule has 4 rings (SSSR count). The first-order valence-electron chi connectivity index (χ1n) is 10.3. The van der Waals surface area contributed by atoms with Crippen molar-refractivity contribution in [3.8, 4) is 0 Å². The number of thioether (sulfide) groups is 1. The summed E-state index contributed by atoms with van der Waals surface area (Å²) >= 11 is 1.21. The SMILES string of the molecule is CC(C)OC(=O)c1ccc(N2C(=O)C(Nc3ccccn3)=C(Sc3ccccc3)C2=O)cc1. The third-order valence-electron chi connectivity index (χ3n) is 4.63. The molecule has 0 aliphatic carbocycles. The highest BCUT2D eigenvalue weighted by Gasteiger charge is 2.40. The quantitative estimate of drug-likeness (QED) is 0.407. The van der Waals surface area contributed by atoms with E-state index < -0.39 is 17.8 Å². The predicted molar refractivity (Wildman–Crippen MR) is 127 cm³/mol. The monoisotopic (exact) mass is 459 g/mol. The lowest BCUT2D eigenvalue weighted by molar-refractivity contribution is -0.120. The summed E-state index contributed by atoms with van der Waals surface area (Å²) in [5, 5.41) is 3.00. The third-order valence-corrected chi connectivity index (χ3v) is 5.72. The Bertz CT molecular complexity index is 1150. The molecule has 0 fully saturated rings. The molecule has 166 valence electrons. The maximum Gasteiger partial charge on any atom is 0.338 e. The Balaban J connectivity index is 1.65. The van der Waals surface area contributed by atoms with Gasteiger partial charge in [-0.25, -0.2) is 14.7 Å². The van der Waals surface area contributed by atoms with Gasteiger partial charge in [-0.15, -0.1) is 0 Å². The van der Waals surface area contributed by atoms with Gasteiger partial charge in [0.1, 0.15) is 16.4 Å². The van der Waals surface area contributed by atoms with E-state index in [4.69, 9.17) is 4.74 Å². The van der Waals surface area contributed by atoms with Crippen molar-refractivity contribution in [2.24, 2.45) is 0 Å². The number of aromatic nitrogens is 1. The lowest BCUT2D eigenvalue weighted by Gasteiger charge is -2.16. The fourth-order valence-corrected chi connectivity index (χ4v) is 4.10. The fraction of sp³-hybridized carbons (Fsp3) is 0.120. The molecular formula is C25H21N3O4S. The van der Waals surface area contributed by atoms with Crippen LogP contribution in [0.4, 0.5) is 11.5 Å². The number of hydrogen-bond acceptors (Lipinski definition) is 7. The molecule has 33 heavy (non-hydrogen) atoms. The summed E-state index contributed by atoms with van der Waals surface area (Å²) in [6, 6.07) is 20.8. The van der Waals surface area contributed by atoms with E-state index in [0.717, 1.165) is 9.80 Å². The van der Waals surface area contributed by atoms with E-state index in [0.29, 0.717) is 17.1 Å². The average Bonchev–Trinajstić information content (AvgIpc) is 3.04. The molecule has 7 nitrogen and oxygen atoms in total. The average molecular weight is 460 g/mol. The minimum Gasteiger partial charge on any atom is -0.459 e. The zero-order valence-electron chi connectivity index (χ0n) is 18.0. The van der Waals surface area contributed by atoms with Crippen molar-refractivity contribution >= 4 is 41.1 Å². The lowest BCUT2D eigenvalue weighted by Crippen LogP contribution is -2.32. The Morgan fingerprint density at radius 3 is 2.27 bits per heavy atom. The van der Waals surface area contributed by atoms with E-state index >= 15 is 0 Å². The molecule has 0 saturated heterocycles. The molecule has 0 atom stereocenters. The minimum absolute atomic E-state index is 0.149. The number of carbonyl (C=O) groups excluding carboxylic acids is 3. The van der Waals surface area contributed by atoms with Crippen molar-refractivity contribution in [3.63, 3.8) is 0 Å². The summed E-state index contributed by atoms with van der Waals surface area (Å²) in [5.41, 5.74) is 0.844. The molecule has 0 saturated carbocycles. The standard InChI is InChI=1S/C25H21N3O4S/c1-16(2)32-25(31)17-11-13-18(14-12-17)28-23(29)21(27-20-10-6-7-15-26-20)22(24(28)30)33-19-8-4-3-5-9-19/h3-16H,1-2H3,(H,26,27). The van der Waals surface area contributed by atoms with Gasteiger partial charge in [-0.1, -0.05) is 36.0 Å². The van der Waals surface area contributed by atoms with Gasteiger partial charge in [-0.3, -0.25) is 9.59 Å². The maximum atomic E-state index is 13.4. The lowest BCUT2D eigenvalue weighted by atomic mass is 10.2. The first kappa shape index (κ1) is 22.3. The smallest absolute Gasteiger partial charge is 0.338 e. The Labute approximate surface area is 195 Å². The van der Waals surface area contributed by atoms with Crippen molar-refractivity contribution in [2.45, 2.75) is 24.8 Å². The van der Waals surface area contributed by atoms with Gasteiger partial charge in [0.25, 0.3) is 11.8 Å². The normalized spacial score (nSPS) is 13.6. The van der Waals surface area contributed by atoms with Gasteiger partial charge in [0.2, 0.25) is 0 Å². The van der Waals surface area contributed by atoms with Gasteiger partial charge >= 0.3 is 5.97 Å². The van der Waals surface area contributed by atoms with Crippen molar-refractivity contribution < 1.29 is 19.1 Å². The van der Waals surface area contributed by atoms with Gasteiger partial charge in [0, 0.05) is 11.1 Å². The highest BCUT2D eigenvalue weighted by Crippen LogP contribution is 2.37. The zero-order valence-corrected chi connectivity index (χ0v) is 18.8. The minimum atomic E-state index is -0.499. The molecule has 0 radical (unpaired) electrons. The Morgan fingerprint density at radius 1 is 0.939 bits per heavy atom. The van der Waals surface area contributed by atoms with E-state index in [2.05, 4.69) is 10.3 Å². The van der Waals surface area contributed by atoms with Crippen molar-refractivity contribution in [2.75, 3.05) is 10.2 Å². The number of hydrogen-bond donors (Lipinski definition) is 1. The molecule has 2 heterocycles. The highest BCUT2D eigenvalue weighted by molar-refractivity contribution is 8.04. The van der Waals surface area contributed by atoms with Crippen molar-refractivity contribution in [1.82, 2.24) is 4.98 Å². The number of pyridine rings is 1. The van der Waals surface area contributed by atoms with Gasteiger partial charge in [-0.2, -0.15) is 0 Å². The molecule has 2 aromatic carbocycles. The molecule has 8 heteroatoms. The predicted octanol–water partition coefficient (Wildman–Crippen LogP) is 4.64. The summed E-state index contributed by atoms with van der Waals surface area (Å²) in [7, 11) is 0. The first-order valence-corrected chi connectivity index (χ1v) is 11.1. The molecular weight excluding hydrogens is 438 g/mol. The van der Waals surface area contributed by atoms with Crippen molar-refractivity contribution in [3.05, 3.63) is 95.2 Å². The topological polar surface area (TPSA) is 88.6 Å². The molecule has 0 unspecified atom stereocenters. The van der Waals surface area contributed by atoms with Crippen LogP contribution in [-0.4, -0.2) is 28.9 Å². The second kappa shape index (κ2) is 9.70. The number of nitrogens with one attached hydrogen (secondary N) is 1. The third kappa shape index (κ3) is 4.96. The number of rotatable bonds is 7. The Morgan fingerprint density at radius 2 is 1.64 bits per heavy atom. The summed E-state index contributed by atoms with van der Waals surface area (Å²) in [5.74, 6) is -0.966. The van der Waals surface area contributed by atoms with Gasteiger partial charge < -0.3 is 10.1 Å². The van der Waals surface area contributed by atoms with Gasteiger partial charge in [0.05, 0.1) is 17.4 Å². The molecule has 0 bridgehead atoms. The number of amides is 2. The van der Waals surface area contributed by atoms with Crippen LogP contribution in [0.5, 0.6) is 0 Å². The highest BCUT2D eigenvalue weighted by atomic mass is 32.2. The fourth-order valence-electron chi connectivity index (χ4n) is 3.15. The molecule has 1 aliphatic heterocycles. The second-order valence-corrected chi connectivity index (χ2v) is 8.49. The molecule has 3 aromatic rings. The molecule has 1 aromatic heterocycles. The molecule has 1 N–H and O–H groups in total. The first-order chi connectivity index (χ1) is 15.9. The number of ether oxygens (including phenoxy) is 1. The molecule has 1 aliphatic rings. The van der Waals surface area contributed by atoms with E-state index in [9.17, 15) is 14.4 Å². The van der Waals surface area contributed by atoms with Crippen LogP contribution >= 0.6 is 11.8 Å². The van der Waals surface area contributed by atoms with Crippen LogP contribution in [-0.2, 0) is 14.3 Å². The van der Waals surface area contributed by atoms with E-state index in [-0.39, 0.29) is 16.7 Å². The van der Waals surface area contributed by atoms with E-state index in [1.54, 1.807) is 50.4 Å². The van der Waals surface area contributed by atoms with Crippen LogP contribution in [0.25, 0.3) is 0 Å². The number of anilines is 2. The van der Waals surface area contributed by atoms with Crippen LogP contribution in [0, 0.1) is 0 Å². The Kier molecular flexibility index (Phi) is 6.55. The summed E-state index contributed by atoms with van der Waals surface area (Å²) < 4.78 is 5.20. The Hall–Kier alpha value is -3.91. The maximum absolute atomic E-state index is 13.4. The van der Waals surface area contributed by atoms with E-state index in [1.807, 2.05) is 30.3 Å². The van der Waals surface area contributed by atoms with Crippen LogP contribution < -0.4 is 10.2 Å². The second-order valence-electron chi connectivity index (χ2n) is 7.41. The van der Waals surface area contributed by atoms with Crippen LogP contribution in [0.1, 0.15) is 24.2 Å². The number of benzene rings is 2. The number of imide groups is 1. The number of esters is 1.